The van der Waals surface area contributed by atoms with E-state index in [1.54, 1.807) is 6.07 Å². The third kappa shape index (κ3) is 3.77. The second-order valence-electron chi connectivity index (χ2n) is 5.15. The van der Waals surface area contributed by atoms with E-state index in [2.05, 4.69) is 31.2 Å². The van der Waals surface area contributed by atoms with Gasteiger partial charge in [-0.2, -0.15) is 0 Å². The Bertz CT molecular complexity index is 664. The quantitative estimate of drug-likeness (QED) is 0.883. The first kappa shape index (κ1) is 13.5. The third-order valence-electron chi connectivity index (χ3n) is 3.25. The summed E-state index contributed by atoms with van der Waals surface area (Å²) in [7, 11) is 0. The number of hydrogen-bond donors (Lipinski definition) is 2. The van der Waals surface area contributed by atoms with Gasteiger partial charge in [0.05, 0.1) is 5.69 Å². The second kappa shape index (κ2) is 5.89. The summed E-state index contributed by atoms with van der Waals surface area (Å²) in [4.78, 5) is 19.0. The lowest BCUT2D eigenvalue weighted by molar-refractivity contribution is 0.667. The van der Waals surface area contributed by atoms with Gasteiger partial charge in [0.2, 0.25) is 0 Å². The Kier molecular flexibility index (Phi) is 3.98. The molecule has 2 N–H and O–H groups in total. The van der Waals surface area contributed by atoms with Crippen molar-refractivity contribution in [2.45, 2.75) is 31.8 Å². The van der Waals surface area contributed by atoms with Crippen molar-refractivity contribution in [3.05, 3.63) is 62.2 Å². The molecule has 5 heteroatoms. The van der Waals surface area contributed by atoms with E-state index >= 15 is 0 Å². The number of aromatic nitrogens is 2. The van der Waals surface area contributed by atoms with Gasteiger partial charge in [0.1, 0.15) is 5.82 Å². The molecule has 0 saturated heterocycles. The average Bonchev–Trinajstić information content (AvgIpc) is 3.20. The molecule has 4 nitrogen and oxygen atoms in total. The highest BCUT2D eigenvalue weighted by molar-refractivity contribution is 9.10. The maximum absolute atomic E-state index is 11.7. The molecule has 104 valence electrons. The van der Waals surface area contributed by atoms with Crippen molar-refractivity contribution in [2.24, 2.45) is 0 Å². The highest BCUT2D eigenvalue weighted by Gasteiger charge is 2.20. The molecule has 0 bridgehead atoms. The van der Waals surface area contributed by atoms with Crippen LogP contribution in [0.5, 0.6) is 0 Å². The minimum Gasteiger partial charge on any atom is -0.310 e. The summed E-state index contributed by atoms with van der Waals surface area (Å²) >= 11 is 3.45. The Morgan fingerprint density at radius 1 is 1.35 bits per heavy atom. The fraction of sp³-hybridized carbons (Fsp3) is 0.333. The van der Waals surface area contributed by atoms with Gasteiger partial charge in [0.25, 0.3) is 5.56 Å². The summed E-state index contributed by atoms with van der Waals surface area (Å²) in [6.45, 7) is 0.667. The van der Waals surface area contributed by atoms with Crippen LogP contribution >= 0.6 is 15.9 Å². The SMILES string of the molecule is O=c1cc(CNC2CC2)nc(Cc2cccc(Br)c2)[nH]1. The normalized spacial score (nSPS) is 14.4. The summed E-state index contributed by atoms with van der Waals surface area (Å²) in [5.74, 6) is 0.711. The minimum atomic E-state index is -0.0856. The van der Waals surface area contributed by atoms with Gasteiger partial charge in [-0.3, -0.25) is 4.79 Å². The summed E-state index contributed by atoms with van der Waals surface area (Å²) in [5, 5.41) is 3.38. The molecule has 20 heavy (non-hydrogen) atoms. The van der Waals surface area contributed by atoms with Gasteiger partial charge < -0.3 is 10.3 Å². The molecule has 1 fully saturated rings. The van der Waals surface area contributed by atoms with Crippen LogP contribution in [-0.2, 0) is 13.0 Å². The number of H-pyrrole nitrogens is 1. The van der Waals surface area contributed by atoms with Crippen molar-refractivity contribution in [3.8, 4) is 0 Å². The van der Waals surface area contributed by atoms with Crippen LogP contribution in [-0.4, -0.2) is 16.0 Å². The summed E-state index contributed by atoms with van der Waals surface area (Å²) in [5.41, 5.74) is 1.85. The number of halogens is 1. The fourth-order valence-electron chi connectivity index (χ4n) is 2.11. The van der Waals surface area contributed by atoms with E-state index < -0.39 is 0 Å². The Morgan fingerprint density at radius 2 is 2.20 bits per heavy atom. The van der Waals surface area contributed by atoms with Gasteiger partial charge in [-0.25, -0.2) is 4.98 Å². The highest BCUT2D eigenvalue weighted by Crippen LogP contribution is 2.19. The lowest BCUT2D eigenvalue weighted by atomic mass is 10.1. The Labute approximate surface area is 125 Å². The van der Waals surface area contributed by atoms with Crippen LogP contribution < -0.4 is 10.9 Å². The molecule has 0 unspecified atom stereocenters. The standard InChI is InChI=1S/C15H16BrN3O/c16-11-3-1-2-10(6-11)7-14-18-13(8-15(20)19-14)9-17-12-4-5-12/h1-3,6,8,12,17H,4-5,7,9H2,(H,18,19,20). The van der Waals surface area contributed by atoms with Crippen molar-refractivity contribution < 1.29 is 0 Å². The van der Waals surface area contributed by atoms with Gasteiger partial charge in [-0.05, 0) is 30.5 Å². The molecule has 0 amide bonds. The average molecular weight is 334 g/mol. The highest BCUT2D eigenvalue weighted by atomic mass is 79.9. The molecule has 1 aliphatic rings. The molecule has 2 aromatic rings. The monoisotopic (exact) mass is 333 g/mol. The zero-order chi connectivity index (χ0) is 13.9. The summed E-state index contributed by atoms with van der Waals surface area (Å²) in [6, 6.07) is 10.2. The molecule has 1 aliphatic carbocycles. The molecule has 1 saturated carbocycles. The number of rotatable bonds is 5. The van der Waals surface area contributed by atoms with E-state index in [1.165, 1.54) is 12.8 Å². The van der Waals surface area contributed by atoms with Gasteiger partial charge in [-0.15, -0.1) is 0 Å². The Balaban J connectivity index is 1.76. The van der Waals surface area contributed by atoms with Crippen LogP contribution in [0.1, 0.15) is 29.9 Å². The molecule has 0 radical (unpaired) electrons. The maximum Gasteiger partial charge on any atom is 0.251 e. The number of nitrogens with one attached hydrogen (secondary N) is 2. The van der Waals surface area contributed by atoms with Crippen LogP contribution in [0.3, 0.4) is 0 Å². The van der Waals surface area contributed by atoms with E-state index in [4.69, 9.17) is 0 Å². The van der Waals surface area contributed by atoms with Crippen molar-refractivity contribution in [3.63, 3.8) is 0 Å². The van der Waals surface area contributed by atoms with E-state index in [0.29, 0.717) is 24.8 Å². The fourth-order valence-corrected chi connectivity index (χ4v) is 2.56. The number of hydrogen-bond acceptors (Lipinski definition) is 3. The van der Waals surface area contributed by atoms with Crippen molar-refractivity contribution in [1.29, 1.82) is 0 Å². The predicted octanol–water partition coefficient (Wildman–Crippen LogP) is 2.38. The number of nitrogens with zero attached hydrogens (tertiary/aromatic N) is 1. The van der Waals surface area contributed by atoms with Gasteiger partial charge in [0, 0.05) is 29.5 Å². The van der Waals surface area contributed by atoms with Crippen LogP contribution in [0.25, 0.3) is 0 Å². The zero-order valence-electron chi connectivity index (χ0n) is 11.0. The molecule has 0 aliphatic heterocycles. The summed E-state index contributed by atoms with van der Waals surface area (Å²) in [6.07, 6.45) is 3.09. The number of aromatic amines is 1. The zero-order valence-corrected chi connectivity index (χ0v) is 12.6. The second-order valence-corrected chi connectivity index (χ2v) is 6.06. The lowest BCUT2D eigenvalue weighted by Gasteiger charge is -2.06. The maximum atomic E-state index is 11.7. The Morgan fingerprint density at radius 3 is 2.95 bits per heavy atom. The van der Waals surface area contributed by atoms with E-state index in [-0.39, 0.29) is 5.56 Å². The van der Waals surface area contributed by atoms with Crippen LogP contribution in [0.2, 0.25) is 0 Å². The molecular weight excluding hydrogens is 318 g/mol. The van der Waals surface area contributed by atoms with E-state index in [0.717, 1.165) is 15.7 Å². The lowest BCUT2D eigenvalue weighted by Crippen LogP contribution is -2.20. The van der Waals surface area contributed by atoms with Gasteiger partial charge in [-0.1, -0.05) is 28.1 Å². The Hall–Kier alpha value is -1.46. The van der Waals surface area contributed by atoms with E-state index in [1.807, 2.05) is 24.3 Å². The molecule has 0 spiro atoms. The first-order valence-corrected chi connectivity index (χ1v) is 7.55. The molecule has 0 atom stereocenters. The summed E-state index contributed by atoms with van der Waals surface area (Å²) < 4.78 is 1.03. The third-order valence-corrected chi connectivity index (χ3v) is 3.75. The van der Waals surface area contributed by atoms with Crippen molar-refractivity contribution in [2.75, 3.05) is 0 Å². The van der Waals surface area contributed by atoms with Crippen molar-refractivity contribution >= 4 is 15.9 Å². The topological polar surface area (TPSA) is 57.8 Å². The molecule has 1 aromatic heterocycles. The molecule has 1 aromatic carbocycles. The van der Waals surface area contributed by atoms with Crippen LogP contribution in [0.15, 0.2) is 39.6 Å². The minimum absolute atomic E-state index is 0.0856. The predicted molar refractivity (Wildman–Crippen MR) is 81.7 cm³/mol. The molecule has 1 heterocycles. The van der Waals surface area contributed by atoms with Gasteiger partial charge in [0.15, 0.2) is 0 Å². The van der Waals surface area contributed by atoms with Crippen LogP contribution in [0, 0.1) is 0 Å². The van der Waals surface area contributed by atoms with Crippen molar-refractivity contribution in [1.82, 2.24) is 15.3 Å². The largest absolute Gasteiger partial charge is 0.310 e. The van der Waals surface area contributed by atoms with Gasteiger partial charge >= 0.3 is 0 Å². The molecule has 3 rings (SSSR count). The van der Waals surface area contributed by atoms with E-state index in [9.17, 15) is 4.79 Å². The smallest absolute Gasteiger partial charge is 0.251 e. The number of benzene rings is 1. The first-order valence-electron chi connectivity index (χ1n) is 6.76. The molecular formula is C15H16BrN3O. The van der Waals surface area contributed by atoms with Crippen LogP contribution in [0.4, 0.5) is 0 Å². The first-order chi connectivity index (χ1) is 9.69.